The first-order valence-corrected chi connectivity index (χ1v) is 6.01. The first kappa shape index (κ1) is 17.2. The molecule has 0 saturated heterocycles. The van der Waals surface area contributed by atoms with Gasteiger partial charge in [0, 0.05) is 12.1 Å². The van der Waals surface area contributed by atoms with Crippen molar-refractivity contribution in [1.82, 2.24) is 5.32 Å². The van der Waals surface area contributed by atoms with Crippen LogP contribution >= 0.6 is 24.0 Å². The zero-order valence-electron chi connectivity index (χ0n) is 11.7. The molecule has 0 unspecified atom stereocenters. The number of nitrogens with one attached hydrogen (secondary N) is 1. The van der Waals surface area contributed by atoms with Crippen molar-refractivity contribution in [1.29, 1.82) is 0 Å². The quantitative estimate of drug-likeness (QED) is 0.494. The summed E-state index contributed by atoms with van der Waals surface area (Å²) in [6, 6.07) is 8.37. The Kier molecular flexibility index (Phi) is 7.28. The lowest BCUT2D eigenvalue weighted by molar-refractivity contribution is 0.508. The summed E-state index contributed by atoms with van der Waals surface area (Å²) in [4.78, 5) is 4.33. The van der Waals surface area contributed by atoms with Crippen LogP contribution in [0.5, 0.6) is 0 Å². The smallest absolute Gasteiger partial charge is 0.188 e. The second-order valence-electron chi connectivity index (χ2n) is 5.32. The topological polar surface area (TPSA) is 50.4 Å². The average molecular weight is 361 g/mol. The second-order valence-corrected chi connectivity index (χ2v) is 5.32. The lowest BCUT2D eigenvalue weighted by atomic mass is 10.1. The third-order valence-corrected chi connectivity index (χ3v) is 2.43. The Morgan fingerprint density at radius 1 is 1.28 bits per heavy atom. The van der Waals surface area contributed by atoms with Gasteiger partial charge in [-0.1, -0.05) is 24.3 Å². The van der Waals surface area contributed by atoms with Crippen molar-refractivity contribution >= 4 is 29.9 Å². The largest absolute Gasteiger partial charge is 0.370 e. The third kappa shape index (κ3) is 6.83. The molecule has 0 aliphatic heterocycles. The van der Waals surface area contributed by atoms with Crippen molar-refractivity contribution in [3.05, 3.63) is 35.4 Å². The standard InChI is InChI=1S/C14H23N3.HI/c1-11-7-5-6-8-12(11)9-10-16-13(15)17-14(2,3)4;/h5-8H,9-10H2,1-4H3,(H3,15,16,17);1H. The molecule has 1 aromatic carbocycles. The van der Waals surface area contributed by atoms with E-state index >= 15 is 0 Å². The van der Waals surface area contributed by atoms with Gasteiger partial charge in [0.05, 0.1) is 0 Å². The fraction of sp³-hybridized carbons (Fsp3) is 0.500. The van der Waals surface area contributed by atoms with Crippen LogP contribution in [-0.4, -0.2) is 18.0 Å². The monoisotopic (exact) mass is 361 g/mol. The van der Waals surface area contributed by atoms with Crippen molar-refractivity contribution in [2.45, 2.75) is 39.7 Å². The van der Waals surface area contributed by atoms with Crippen molar-refractivity contribution in [3.8, 4) is 0 Å². The van der Waals surface area contributed by atoms with Gasteiger partial charge in [0.15, 0.2) is 5.96 Å². The van der Waals surface area contributed by atoms with Crippen LogP contribution in [0.2, 0.25) is 0 Å². The number of aliphatic imine (C=N–C) groups is 1. The summed E-state index contributed by atoms with van der Waals surface area (Å²) >= 11 is 0. The molecule has 0 bridgehead atoms. The number of rotatable bonds is 3. The molecule has 1 aromatic rings. The van der Waals surface area contributed by atoms with E-state index in [0.717, 1.165) is 13.0 Å². The number of aryl methyl sites for hydroxylation is 1. The molecule has 0 atom stereocenters. The fourth-order valence-electron chi connectivity index (χ4n) is 1.61. The van der Waals surface area contributed by atoms with E-state index in [2.05, 4.69) is 62.3 Å². The van der Waals surface area contributed by atoms with Gasteiger partial charge in [0.25, 0.3) is 0 Å². The molecule has 102 valence electrons. The van der Waals surface area contributed by atoms with E-state index in [1.807, 2.05) is 0 Å². The van der Waals surface area contributed by atoms with Crippen molar-refractivity contribution in [3.63, 3.8) is 0 Å². The fourth-order valence-corrected chi connectivity index (χ4v) is 1.61. The molecule has 0 aliphatic carbocycles. The van der Waals surface area contributed by atoms with Crippen molar-refractivity contribution < 1.29 is 0 Å². The summed E-state index contributed by atoms with van der Waals surface area (Å²) in [5.41, 5.74) is 8.41. The molecule has 0 spiro atoms. The minimum atomic E-state index is -0.0315. The molecule has 0 saturated carbocycles. The molecule has 0 amide bonds. The predicted octanol–water partition coefficient (Wildman–Crippen LogP) is 2.86. The van der Waals surface area contributed by atoms with Gasteiger partial charge in [-0.3, -0.25) is 4.99 Å². The van der Waals surface area contributed by atoms with Gasteiger partial charge >= 0.3 is 0 Å². The molecule has 3 N–H and O–H groups in total. The van der Waals surface area contributed by atoms with Gasteiger partial charge < -0.3 is 11.1 Å². The highest BCUT2D eigenvalue weighted by Gasteiger charge is 2.09. The van der Waals surface area contributed by atoms with Crippen LogP contribution in [0.1, 0.15) is 31.9 Å². The Morgan fingerprint density at radius 3 is 2.44 bits per heavy atom. The number of halogens is 1. The minimum Gasteiger partial charge on any atom is -0.370 e. The molecule has 0 heterocycles. The summed E-state index contributed by atoms with van der Waals surface area (Å²) in [6.07, 6.45) is 0.930. The van der Waals surface area contributed by atoms with E-state index in [1.54, 1.807) is 0 Å². The van der Waals surface area contributed by atoms with Crippen LogP contribution in [0.25, 0.3) is 0 Å². The zero-order valence-corrected chi connectivity index (χ0v) is 14.0. The molecule has 0 aromatic heterocycles. The number of hydrogen-bond donors (Lipinski definition) is 2. The minimum absolute atomic E-state index is 0. The molecule has 3 nitrogen and oxygen atoms in total. The molecule has 1 rings (SSSR count). The molecule has 0 fully saturated rings. The summed E-state index contributed by atoms with van der Waals surface area (Å²) in [5.74, 6) is 0.520. The van der Waals surface area contributed by atoms with Crippen LogP contribution in [-0.2, 0) is 6.42 Å². The average Bonchev–Trinajstić information content (AvgIpc) is 2.18. The highest BCUT2D eigenvalue weighted by atomic mass is 127. The van der Waals surface area contributed by atoms with Crippen LogP contribution in [0.3, 0.4) is 0 Å². The van der Waals surface area contributed by atoms with Gasteiger partial charge in [0.1, 0.15) is 0 Å². The zero-order chi connectivity index (χ0) is 12.9. The second kappa shape index (κ2) is 7.61. The van der Waals surface area contributed by atoms with E-state index in [9.17, 15) is 0 Å². The molecule has 0 aliphatic rings. The highest BCUT2D eigenvalue weighted by Crippen LogP contribution is 2.07. The lowest BCUT2D eigenvalue weighted by Gasteiger charge is -2.21. The van der Waals surface area contributed by atoms with Gasteiger partial charge in [-0.15, -0.1) is 24.0 Å². The van der Waals surface area contributed by atoms with E-state index in [0.29, 0.717) is 5.96 Å². The SMILES string of the molecule is Cc1ccccc1CCN=C(N)NC(C)(C)C.I. The van der Waals surface area contributed by atoms with Crippen LogP contribution in [0, 0.1) is 6.92 Å². The first-order chi connectivity index (χ1) is 7.88. The lowest BCUT2D eigenvalue weighted by Crippen LogP contribution is -2.45. The molecular weight excluding hydrogens is 337 g/mol. The Labute approximate surface area is 127 Å². The first-order valence-electron chi connectivity index (χ1n) is 6.01. The molecule has 0 radical (unpaired) electrons. The van der Waals surface area contributed by atoms with E-state index in [4.69, 9.17) is 5.73 Å². The normalized spacial score (nSPS) is 11.9. The Hall–Kier alpha value is -0.780. The predicted molar refractivity (Wildman–Crippen MR) is 89.7 cm³/mol. The highest BCUT2D eigenvalue weighted by molar-refractivity contribution is 14.0. The number of guanidine groups is 1. The molecule has 18 heavy (non-hydrogen) atoms. The maximum absolute atomic E-state index is 5.80. The van der Waals surface area contributed by atoms with Gasteiger partial charge in [-0.05, 0) is 45.2 Å². The number of nitrogens with zero attached hydrogens (tertiary/aromatic N) is 1. The van der Waals surface area contributed by atoms with Crippen molar-refractivity contribution in [2.75, 3.05) is 6.54 Å². The number of hydrogen-bond acceptors (Lipinski definition) is 1. The summed E-state index contributed by atoms with van der Waals surface area (Å²) in [6.45, 7) is 9.04. The van der Waals surface area contributed by atoms with E-state index in [-0.39, 0.29) is 29.5 Å². The summed E-state index contributed by atoms with van der Waals surface area (Å²) < 4.78 is 0. The van der Waals surface area contributed by atoms with Crippen LogP contribution in [0.4, 0.5) is 0 Å². The van der Waals surface area contributed by atoms with Gasteiger partial charge in [-0.2, -0.15) is 0 Å². The Balaban J connectivity index is 0.00000289. The van der Waals surface area contributed by atoms with Crippen LogP contribution < -0.4 is 11.1 Å². The van der Waals surface area contributed by atoms with Crippen LogP contribution in [0.15, 0.2) is 29.3 Å². The van der Waals surface area contributed by atoms with Gasteiger partial charge in [-0.25, -0.2) is 0 Å². The molecule has 4 heteroatoms. The molecular formula is C14H24IN3. The Bertz CT molecular complexity index is 394. The Morgan fingerprint density at radius 2 is 1.89 bits per heavy atom. The summed E-state index contributed by atoms with van der Waals surface area (Å²) in [7, 11) is 0. The maximum atomic E-state index is 5.80. The van der Waals surface area contributed by atoms with E-state index < -0.39 is 0 Å². The number of nitrogens with two attached hydrogens (primary N) is 1. The van der Waals surface area contributed by atoms with E-state index in [1.165, 1.54) is 11.1 Å². The summed E-state index contributed by atoms with van der Waals surface area (Å²) in [5, 5.41) is 3.15. The third-order valence-electron chi connectivity index (χ3n) is 2.43. The van der Waals surface area contributed by atoms with Gasteiger partial charge in [0.2, 0.25) is 0 Å². The van der Waals surface area contributed by atoms with Crippen molar-refractivity contribution in [2.24, 2.45) is 10.7 Å². The maximum Gasteiger partial charge on any atom is 0.188 e. The number of benzene rings is 1.